The molecule has 5 rings (SSSR count). The number of carbonyl (C=O) groups is 2. The molecule has 3 amide bonds. The van der Waals surface area contributed by atoms with Gasteiger partial charge in [0.2, 0.25) is 0 Å². The van der Waals surface area contributed by atoms with E-state index in [9.17, 15) is 9.59 Å². The number of aromatic nitrogens is 1. The van der Waals surface area contributed by atoms with E-state index in [0.717, 1.165) is 33.3 Å². The van der Waals surface area contributed by atoms with Crippen molar-refractivity contribution in [2.24, 2.45) is 0 Å². The molecule has 1 aliphatic rings. The second-order valence-electron chi connectivity index (χ2n) is 8.23. The Morgan fingerprint density at radius 1 is 0.824 bits per heavy atom. The largest absolute Gasteiger partial charge is 0.340 e. The molecule has 1 fully saturated rings. The van der Waals surface area contributed by atoms with Gasteiger partial charge < -0.3 is 9.88 Å². The summed E-state index contributed by atoms with van der Waals surface area (Å²) >= 11 is 12.0. The first-order valence-corrected chi connectivity index (χ1v) is 11.6. The van der Waals surface area contributed by atoms with Gasteiger partial charge in [-0.15, -0.1) is 0 Å². The fraction of sp³-hybridized carbons (Fsp3) is 0.111. The molecule has 0 spiro atoms. The zero-order valence-corrected chi connectivity index (χ0v) is 19.9. The van der Waals surface area contributed by atoms with E-state index in [1.54, 1.807) is 30.3 Å². The second-order valence-corrected chi connectivity index (χ2v) is 9.11. The average Bonchev–Trinajstić information content (AvgIpc) is 3.25. The lowest BCUT2D eigenvalue weighted by molar-refractivity contribution is -0.123. The lowest BCUT2D eigenvalue weighted by Gasteiger charge is -2.11. The van der Waals surface area contributed by atoms with Gasteiger partial charge in [-0.3, -0.25) is 9.69 Å². The van der Waals surface area contributed by atoms with Gasteiger partial charge in [0.15, 0.2) is 0 Å². The molecule has 4 aromatic rings. The van der Waals surface area contributed by atoms with Crippen LogP contribution in [0.4, 0.5) is 4.79 Å². The van der Waals surface area contributed by atoms with Crippen LogP contribution in [0.15, 0.2) is 78.5 Å². The number of amides is 3. The van der Waals surface area contributed by atoms with E-state index >= 15 is 0 Å². The highest BCUT2D eigenvalue weighted by atomic mass is 35.5. The van der Waals surface area contributed by atoms with Crippen LogP contribution in [-0.2, 0) is 17.9 Å². The molecule has 0 saturated carbocycles. The van der Waals surface area contributed by atoms with E-state index in [4.69, 9.17) is 23.2 Å². The maximum absolute atomic E-state index is 13.1. The van der Waals surface area contributed by atoms with Gasteiger partial charge in [0.1, 0.15) is 5.70 Å². The summed E-state index contributed by atoms with van der Waals surface area (Å²) in [5.74, 6) is -0.353. The highest BCUT2D eigenvalue weighted by molar-refractivity contribution is 6.30. The summed E-state index contributed by atoms with van der Waals surface area (Å²) in [7, 11) is 0. The number of hydrogen-bond acceptors (Lipinski definition) is 2. The molecule has 0 radical (unpaired) electrons. The highest BCUT2D eigenvalue weighted by Crippen LogP contribution is 2.30. The molecule has 0 aliphatic carbocycles. The molecule has 0 bridgehead atoms. The first-order chi connectivity index (χ1) is 16.4. The summed E-state index contributed by atoms with van der Waals surface area (Å²) in [5.41, 5.74) is 5.16. The van der Waals surface area contributed by atoms with E-state index in [2.05, 4.69) is 16.0 Å². The fourth-order valence-corrected chi connectivity index (χ4v) is 4.50. The minimum atomic E-state index is -0.436. The third-order valence-corrected chi connectivity index (χ3v) is 6.54. The number of urea groups is 1. The van der Waals surface area contributed by atoms with Gasteiger partial charge in [-0.25, -0.2) is 4.79 Å². The van der Waals surface area contributed by atoms with Crippen molar-refractivity contribution in [2.45, 2.75) is 20.0 Å². The Labute approximate surface area is 207 Å². The first-order valence-electron chi connectivity index (χ1n) is 10.8. The molecule has 1 saturated heterocycles. The number of fused-ring (bicyclic) bond motifs is 1. The summed E-state index contributed by atoms with van der Waals surface area (Å²) in [4.78, 5) is 26.9. The third-order valence-electron chi connectivity index (χ3n) is 6.04. The van der Waals surface area contributed by atoms with Crippen LogP contribution in [0.1, 0.15) is 22.4 Å². The summed E-state index contributed by atoms with van der Waals surface area (Å²) < 4.78 is 2.21. The van der Waals surface area contributed by atoms with Crippen LogP contribution < -0.4 is 5.32 Å². The van der Waals surface area contributed by atoms with Crippen molar-refractivity contribution in [3.8, 4) is 0 Å². The topological polar surface area (TPSA) is 54.3 Å². The highest BCUT2D eigenvalue weighted by Gasteiger charge is 2.34. The van der Waals surface area contributed by atoms with E-state index < -0.39 is 6.03 Å². The van der Waals surface area contributed by atoms with Crippen LogP contribution in [0.2, 0.25) is 10.0 Å². The maximum atomic E-state index is 13.1. The molecule has 2 heterocycles. The number of para-hydroxylation sites is 1. The van der Waals surface area contributed by atoms with Crippen molar-refractivity contribution < 1.29 is 9.59 Å². The zero-order chi connectivity index (χ0) is 23.8. The molecule has 0 atom stereocenters. The van der Waals surface area contributed by atoms with Crippen molar-refractivity contribution in [1.29, 1.82) is 0 Å². The molecule has 7 heteroatoms. The Kier molecular flexibility index (Phi) is 5.90. The number of nitrogens with one attached hydrogen (secondary N) is 1. The number of halogens is 2. The van der Waals surface area contributed by atoms with Gasteiger partial charge in [0, 0.05) is 38.8 Å². The van der Waals surface area contributed by atoms with Gasteiger partial charge in [-0.2, -0.15) is 0 Å². The van der Waals surface area contributed by atoms with Gasteiger partial charge >= 0.3 is 6.03 Å². The Bertz CT molecular complexity index is 1440. The molecule has 1 aliphatic heterocycles. The van der Waals surface area contributed by atoms with Crippen LogP contribution in [0.3, 0.4) is 0 Å². The standard InChI is InChI=1S/C27H21Cl2N3O2/c1-17-23(14-24-26(33)32(27(34)30-24)16-19-8-12-21(29)13-9-19)22-4-2-3-5-25(22)31(17)15-18-6-10-20(28)11-7-18/h2-14H,15-16H2,1H3,(H,30,34)/b24-14-. The molecule has 34 heavy (non-hydrogen) atoms. The molecular formula is C27H21Cl2N3O2. The molecule has 3 aromatic carbocycles. The number of imide groups is 1. The van der Waals surface area contributed by atoms with Crippen LogP contribution in [0.25, 0.3) is 17.0 Å². The molecule has 0 unspecified atom stereocenters. The van der Waals surface area contributed by atoms with Crippen molar-refractivity contribution in [3.63, 3.8) is 0 Å². The SMILES string of the molecule is Cc1c(/C=C2\NC(=O)N(Cc3ccc(Cl)cc3)C2=O)c2ccccc2n1Cc1ccc(Cl)cc1. The third kappa shape index (κ3) is 4.20. The van der Waals surface area contributed by atoms with Crippen LogP contribution >= 0.6 is 23.2 Å². The van der Waals surface area contributed by atoms with E-state index in [1.165, 1.54) is 4.90 Å². The van der Waals surface area contributed by atoms with Crippen molar-refractivity contribution >= 4 is 52.1 Å². The van der Waals surface area contributed by atoms with Gasteiger partial charge in [0.25, 0.3) is 5.91 Å². The number of rotatable bonds is 5. The minimum absolute atomic E-state index is 0.177. The van der Waals surface area contributed by atoms with Crippen molar-refractivity contribution in [1.82, 2.24) is 14.8 Å². The fourth-order valence-electron chi connectivity index (χ4n) is 4.25. The number of hydrogen-bond donors (Lipinski definition) is 1. The summed E-state index contributed by atoms with van der Waals surface area (Å²) in [6, 6.07) is 22.5. The normalized spacial score (nSPS) is 14.9. The molecular weight excluding hydrogens is 469 g/mol. The number of nitrogens with zero attached hydrogens (tertiary/aromatic N) is 2. The summed E-state index contributed by atoms with van der Waals surface area (Å²) in [6.45, 7) is 2.86. The Balaban J connectivity index is 1.49. The monoisotopic (exact) mass is 489 g/mol. The van der Waals surface area contributed by atoms with Crippen LogP contribution in [0, 0.1) is 6.92 Å². The molecule has 1 aromatic heterocycles. The average molecular weight is 490 g/mol. The predicted molar refractivity (Wildman–Crippen MR) is 136 cm³/mol. The number of carbonyl (C=O) groups excluding carboxylic acids is 2. The minimum Gasteiger partial charge on any atom is -0.340 e. The van der Waals surface area contributed by atoms with Crippen LogP contribution in [0.5, 0.6) is 0 Å². The van der Waals surface area contributed by atoms with Gasteiger partial charge in [-0.1, -0.05) is 65.7 Å². The summed E-state index contributed by atoms with van der Waals surface area (Å²) in [6.07, 6.45) is 1.78. The predicted octanol–water partition coefficient (Wildman–Crippen LogP) is 6.40. The van der Waals surface area contributed by atoms with Crippen LogP contribution in [-0.4, -0.2) is 21.4 Å². The Morgan fingerprint density at radius 2 is 1.41 bits per heavy atom. The quantitative estimate of drug-likeness (QED) is 0.260. The molecule has 5 nitrogen and oxygen atoms in total. The van der Waals surface area contributed by atoms with Gasteiger partial charge in [-0.05, 0) is 54.5 Å². The lowest BCUT2D eigenvalue weighted by atomic mass is 10.1. The maximum Gasteiger partial charge on any atom is 0.329 e. The second kappa shape index (κ2) is 9.01. The summed E-state index contributed by atoms with van der Waals surface area (Å²) in [5, 5.41) is 5.05. The van der Waals surface area contributed by atoms with Crippen molar-refractivity contribution in [2.75, 3.05) is 0 Å². The van der Waals surface area contributed by atoms with Crippen molar-refractivity contribution in [3.05, 3.63) is 111 Å². The first kappa shape index (κ1) is 22.3. The van der Waals surface area contributed by atoms with E-state index in [1.807, 2.05) is 49.4 Å². The lowest BCUT2D eigenvalue weighted by Crippen LogP contribution is -2.30. The smallest absolute Gasteiger partial charge is 0.329 e. The number of benzene rings is 3. The van der Waals surface area contributed by atoms with E-state index in [-0.39, 0.29) is 18.1 Å². The zero-order valence-electron chi connectivity index (χ0n) is 18.4. The Morgan fingerprint density at radius 3 is 2.06 bits per heavy atom. The van der Waals surface area contributed by atoms with Gasteiger partial charge in [0.05, 0.1) is 6.54 Å². The molecule has 170 valence electrons. The van der Waals surface area contributed by atoms with E-state index in [0.29, 0.717) is 16.6 Å². The molecule has 1 N–H and O–H groups in total. The Hall–Kier alpha value is -3.54.